The zero-order chi connectivity index (χ0) is 17.8. The maximum absolute atomic E-state index is 12.2. The summed E-state index contributed by atoms with van der Waals surface area (Å²) < 4.78 is 0. The van der Waals surface area contributed by atoms with Gasteiger partial charge in [0.05, 0.1) is 11.0 Å². The number of aromatic amines is 1. The van der Waals surface area contributed by atoms with Crippen molar-refractivity contribution in [1.82, 2.24) is 15.3 Å². The van der Waals surface area contributed by atoms with Gasteiger partial charge in [-0.2, -0.15) is 0 Å². The van der Waals surface area contributed by atoms with Crippen molar-refractivity contribution >= 4 is 28.7 Å². The second-order valence-electron chi connectivity index (χ2n) is 6.55. The molecule has 1 unspecified atom stereocenters. The number of benzene rings is 2. The number of hydrogen-bond donors (Lipinski definition) is 2. The number of amides is 1. The fraction of sp³-hybridized carbons (Fsp3) is 0.300. The Morgan fingerprint density at radius 2 is 1.84 bits per heavy atom. The van der Waals surface area contributed by atoms with Crippen molar-refractivity contribution in [1.29, 1.82) is 0 Å². The number of rotatable bonds is 6. The molecule has 25 heavy (non-hydrogen) atoms. The molecule has 1 aromatic heterocycles. The standard InChI is InChI=1S/C20H23N3OS/c1-13(2)14(3)21-19(24)16-10-8-15(9-11-16)12-25-20-22-17-6-4-5-7-18(17)23-20/h4-11,13-14H,12H2,1-3H3,(H,21,24)(H,22,23). The molecule has 0 saturated carbocycles. The summed E-state index contributed by atoms with van der Waals surface area (Å²) in [4.78, 5) is 20.1. The number of aromatic nitrogens is 2. The Morgan fingerprint density at radius 1 is 1.12 bits per heavy atom. The minimum atomic E-state index is -0.0160. The number of imidazole rings is 1. The Morgan fingerprint density at radius 3 is 2.52 bits per heavy atom. The summed E-state index contributed by atoms with van der Waals surface area (Å²) in [7, 11) is 0. The molecular weight excluding hydrogens is 330 g/mol. The monoisotopic (exact) mass is 353 g/mol. The topological polar surface area (TPSA) is 57.8 Å². The highest BCUT2D eigenvalue weighted by Gasteiger charge is 2.12. The predicted molar refractivity (Wildman–Crippen MR) is 104 cm³/mol. The van der Waals surface area contributed by atoms with E-state index in [1.54, 1.807) is 11.8 Å². The quantitative estimate of drug-likeness (QED) is 0.635. The predicted octanol–water partition coefficient (Wildman–Crippen LogP) is 4.63. The Labute approximate surface area is 152 Å². The molecule has 2 aromatic carbocycles. The van der Waals surface area contributed by atoms with Gasteiger partial charge in [-0.05, 0) is 42.7 Å². The molecule has 0 aliphatic heterocycles. The highest BCUT2D eigenvalue weighted by atomic mass is 32.2. The fourth-order valence-corrected chi connectivity index (χ4v) is 3.20. The first-order valence-corrected chi connectivity index (χ1v) is 9.49. The van der Waals surface area contributed by atoms with Crippen LogP contribution in [0.5, 0.6) is 0 Å². The molecule has 0 aliphatic rings. The molecule has 3 rings (SSSR count). The summed E-state index contributed by atoms with van der Waals surface area (Å²) >= 11 is 1.66. The van der Waals surface area contributed by atoms with Crippen LogP contribution in [-0.4, -0.2) is 21.9 Å². The summed E-state index contributed by atoms with van der Waals surface area (Å²) in [5.74, 6) is 1.21. The zero-order valence-corrected chi connectivity index (χ0v) is 15.6. The van der Waals surface area contributed by atoms with Crippen LogP contribution >= 0.6 is 11.8 Å². The van der Waals surface area contributed by atoms with Gasteiger partial charge in [-0.1, -0.05) is 49.9 Å². The lowest BCUT2D eigenvalue weighted by Gasteiger charge is -2.17. The molecule has 1 amide bonds. The van der Waals surface area contributed by atoms with Gasteiger partial charge in [-0.15, -0.1) is 0 Å². The van der Waals surface area contributed by atoms with Gasteiger partial charge in [0.1, 0.15) is 0 Å². The molecular formula is C20H23N3OS. The number of fused-ring (bicyclic) bond motifs is 1. The van der Waals surface area contributed by atoms with E-state index in [1.807, 2.05) is 55.5 Å². The highest BCUT2D eigenvalue weighted by Crippen LogP contribution is 2.23. The van der Waals surface area contributed by atoms with E-state index in [1.165, 1.54) is 5.56 Å². The van der Waals surface area contributed by atoms with Gasteiger partial charge in [0, 0.05) is 17.4 Å². The molecule has 5 heteroatoms. The largest absolute Gasteiger partial charge is 0.349 e. The van der Waals surface area contributed by atoms with Crippen LogP contribution < -0.4 is 5.32 Å². The number of nitrogens with zero attached hydrogens (tertiary/aromatic N) is 1. The van der Waals surface area contributed by atoms with E-state index in [-0.39, 0.29) is 11.9 Å². The van der Waals surface area contributed by atoms with Crippen molar-refractivity contribution in [3.05, 3.63) is 59.7 Å². The first kappa shape index (κ1) is 17.5. The summed E-state index contributed by atoms with van der Waals surface area (Å²) in [5.41, 5.74) is 3.90. The molecule has 3 aromatic rings. The van der Waals surface area contributed by atoms with Gasteiger partial charge in [-0.3, -0.25) is 4.79 Å². The molecule has 1 heterocycles. The lowest BCUT2D eigenvalue weighted by molar-refractivity contribution is 0.0930. The van der Waals surface area contributed by atoms with Gasteiger partial charge >= 0.3 is 0 Å². The van der Waals surface area contributed by atoms with E-state index in [4.69, 9.17) is 0 Å². The third-order valence-electron chi connectivity index (χ3n) is 4.32. The molecule has 0 aliphatic carbocycles. The van der Waals surface area contributed by atoms with Crippen LogP contribution in [0, 0.1) is 5.92 Å². The van der Waals surface area contributed by atoms with Crippen LogP contribution in [0.1, 0.15) is 36.7 Å². The average molecular weight is 353 g/mol. The van der Waals surface area contributed by atoms with Gasteiger partial charge in [0.2, 0.25) is 0 Å². The Bertz CT molecular complexity index is 822. The Kier molecular flexibility index (Phi) is 5.43. The molecule has 130 valence electrons. The zero-order valence-electron chi connectivity index (χ0n) is 14.7. The highest BCUT2D eigenvalue weighted by molar-refractivity contribution is 7.98. The fourth-order valence-electron chi connectivity index (χ4n) is 2.36. The van der Waals surface area contributed by atoms with E-state index >= 15 is 0 Å². The second-order valence-corrected chi connectivity index (χ2v) is 7.51. The lowest BCUT2D eigenvalue weighted by atomic mass is 10.1. The van der Waals surface area contributed by atoms with Crippen molar-refractivity contribution in [3.8, 4) is 0 Å². The second kappa shape index (κ2) is 7.74. The Balaban J connectivity index is 1.59. The minimum Gasteiger partial charge on any atom is -0.349 e. The summed E-state index contributed by atoms with van der Waals surface area (Å²) in [6.45, 7) is 6.23. The van der Waals surface area contributed by atoms with Crippen molar-refractivity contribution in [2.24, 2.45) is 5.92 Å². The van der Waals surface area contributed by atoms with E-state index in [9.17, 15) is 4.79 Å². The number of thioether (sulfide) groups is 1. The molecule has 0 spiro atoms. The summed E-state index contributed by atoms with van der Waals surface area (Å²) in [6.07, 6.45) is 0. The number of carbonyl (C=O) groups is 1. The van der Waals surface area contributed by atoms with E-state index in [2.05, 4.69) is 29.1 Å². The van der Waals surface area contributed by atoms with E-state index in [0.29, 0.717) is 11.5 Å². The Hall–Kier alpha value is -2.27. The third kappa shape index (κ3) is 4.42. The summed E-state index contributed by atoms with van der Waals surface area (Å²) in [6, 6.07) is 16.0. The van der Waals surface area contributed by atoms with Gasteiger partial charge in [0.15, 0.2) is 5.16 Å². The van der Waals surface area contributed by atoms with E-state index in [0.717, 1.165) is 21.9 Å². The summed E-state index contributed by atoms with van der Waals surface area (Å²) in [5, 5.41) is 3.94. The van der Waals surface area contributed by atoms with Crippen LogP contribution in [0.2, 0.25) is 0 Å². The molecule has 1 atom stereocenters. The molecule has 0 saturated heterocycles. The van der Waals surface area contributed by atoms with E-state index < -0.39 is 0 Å². The maximum Gasteiger partial charge on any atom is 0.251 e. The van der Waals surface area contributed by atoms with Crippen LogP contribution in [0.4, 0.5) is 0 Å². The maximum atomic E-state index is 12.2. The normalized spacial score (nSPS) is 12.5. The van der Waals surface area contributed by atoms with Crippen molar-refractivity contribution in [2.45, 2.75) is 37.7 Å². The number of H-pyrrole nitrogens is 1. The number of carbonyl (C=O) groups excluding carboxylic acids is 1. The number of para-hydroxylation sites is 2. The smallest absolute Gasteiger partial charge is 0.251 e. The first-order valence-electron chi connectivity index (χ1n) is 8.50. The first-order chi connectivity index (χ1) is 12.0. The molecule has 0 radical (unpaired) electrons. The van der Waals surface area contributed by atoms with Crippen molar-refractivity contribution in [3.63, 3.8) is 0 Å². The number of nitrogens with one attached hydrogen (secondary N) is 2. The third-order valence-corrected chi connectivity index (χ3v) is 5.26. The average Bonchev–Trinajstić information content (AvgIpc) is 3.03. The van der Waals surface area contributed by atoms with Gasteiger partial charge in [-0.25, -0.2) is 4.98 Å². The SMILES string of the molecule is CC(C)C(C)NC(=O)c1ccc(CSc2nc3ccccc3[nH]2)cc1. The van der Waals surface area contributed by atoms with Crippen molar-refractivity contribution < 1.29 is 4.79 Å². The number of hydrogen-bond acceptors (Lipinski definition) is 3. The van der Waals surface area contributed by atoms with Gasteiger partial charge in [0.25, 0.3) is 5.91 Å². The molecule has 0 fully saturated rings. The van der Waals surface area contributed by atoms with Crippen LogP contribution in [0.15, 0.2) is 53.7 Å². The molecule has 0 bridgehead atoms. The molecule has 2 N–H and O–H groups in total. The lowest BCUT2D eigenvalue weighted by Crippen LogP contribution is -2.36. The van der Waals surface area contributed by atoms with Crippen LogP contribution in [-0.2, 0) is 5.75 Å². The van der Waals surface area contributed by atoms with Gasteiger partial charge < -0.3 is 10.3 Å². The van der Waals surface area contributed by atoms with Crippen LogP contribution in [0.25, 0.3) is 11.0 Å². The minimum absolute atomic E-state index is 0.0160. The van der Waals surface area contributed by atoms with Crippen LogP contribution in [0.3, 0.4) is 0 Å². The molecule has 4 nitrogen and oxygen atoms in total. The van der Waals surface area contributed by atoms with Crippen molar-refractivity contribution in [2.75, 3.05) is 0 Å².